The first-order chi connectivity index (χ1) is 12.1. The number of amides is 1. The van der Waals surface area contributed by atoms with Gasteiger partial charge in [-0.25, -0.2) is 9.87 Å². The molecule has 4 nitrogen and oxygen atoms in total. The van der Waals surface area contributed by atoms with E-state index < -0.39 is 11.8 Å². The minimum Gasteiger partial charge on any atom is -0.377 e. The number of hydrogen-bond acceptors (Lipinski definition) is 3. The summed E-state index contributed by atoms with van der Waals surface area (Å²) in [6, 6.07) is 15.7. The normalized spacial score (nSPS) is 13.6. The van der Waals surface area contributed by atoms with Crippen LogP contribution in [0.3, 0.4) is 0 Å². The topological polar surface area (TPSA) is 58.6 Å². The Balaban J connectivity index is 2.06. The zero-order valence-corrected chi connectivity index (χ0v) is 14.1. The molecule has 1 unspecified atom stereocenters. The number of benzene rings is 2. The van der Waals surface area contributed by atoms with Gasteiger partial charge >= 0.3 is 0 Å². The van der Waals surface area contributed by atoms with E-state index in [1.165, 1.54) is 12.1 Å². The zero-order chi connectivity index (χ0) is 18.1. The molecule has 0 saturated heterocycles. The number of nitrogens with one attached hydrogen (secondary N) is 1. The van der Waals surface area contributed by atoms with Gasteiger partial charge in [-0.05, 0) is 36.1 Å². The van der Waals surface area contributed by atoms with Gasteiger partial charge in [0.1, 0.15) is 5.82 Å². The molecule has 2 aromatic carbocycles. The number of rotatable bonds is 8. The second-order valence-electron chi connectivity index (χ2n) is 5.73. The molecule has 5 heteroatoms. The first kappa shape index (κ1) is 18.8. The summed E-state index contributed by atoms with van der Waals surface area (Å²) in [7, 11) is 1.54. The molecule has 25 heavy (non-hydrogen) atoms. The minimum atomic E-state index is -0.472. The monoisotopic (exact) mass is 343 g/mol. The van der Waals surface area contributed by atoms with E-state index in [-0.39, 0.29) is 11.9 Å². The van der Waals surface area contributed by atoms with Crippen molar-refractivity contribution in [3.05, 3.63) is 77.6 Å². The second kappa shape index (κ2) is 9.71. The number of allylic oxidation sites excluding steroid dienone is 1. The third kappa shape index (κ3) is 5.81. The fraction of sp³-hybridized carbons (Fsp3) is 0.250. The van der Waals surface area contributed by atoms with Gasteiger partial charge in [0.2, 0.25) is 5.91 Å². The largest absolute Gasteiger partial charge is 0.377 e. The molecule has 2 atom stereocenters. The van der Waals surface area contributed by atoms with Crippen LogP contribution in [-0.2, 0) is 9.53 Å². The van der Waals surface area contributed by atoms with Gasteiger partial charge in [-0.2, -0.15) is 0 Å². The Bertz CT molecular complexity index is 686. The highest BCUT2D eigenvalue weighted by Gasteiger charge is 2.23. The molecule has 0 aliphatic rings. The Hall–Kier alpha value is -2.50. The Morgan fingerprint density at radius 1 is 1.20 bits per heavy atom. The number of carbonyl (C=O) groups is 1. The maximum absolute atomic E-state index is 13.1. The Kier molecular flexibility index (Phi) is 7.32. The van der Waals surface area contributed by atoms with Crippen LogP contribution in [0.15, 0.2) is 60.7 Å². The molecule has 0 fully saturated rings. The lowest BCUT2D eigenvalue weighted by Crippen LogP contribution is -2.29. The van der Waals surface area contributed by atoms with Gasteiger partial charge in [-0.15, -0.1) is 0 Å². The Morgan fingerprint density at radius 2 is 1.88 bits per heavy atom. The van der Waals surface area contributed by atoms with Gasteiger partial charge in [0.25, 0.3) is 0 Å². The van der Waals surface area contributed by atoms with Gasteiger partial charge < -0.3 is 4.74 Å². The van der Waals surface area contributed by atoms with E-state index in [1.807, 2.05) is 42.5 Å². The van der Waals surface area contributed by atoms with Crippen LogP contribution in [-0.4, -0.2) is 18.2 Å². The molecule has 0 heterocycles. The van der Waals surface area contributed by atoms with Crippen LogP contribution < -0.4 is 5.48 Å². The molecular formula is C20H22FNO3. The van der Waals surface area contributed by atoms with Crippen LogP contribution in [0.25, 0.3) is 6.08 Å². The molecule has 2 aromatic rings. The van der Waals surface area contributed by atoms with Crippen molar-refractivity contribution in [1.82, 2.24) is 5.48 Å². The van der Waals surface area contributed by atoms with Gasteiger partial charge in [0.15, 0.2) is 0 Å². The zero-order valence-electron chi connectivity index (χ0n) is 14.1. The SMILES string of the molecule is CO[C@H](CC(CC=Cc1ccccc1)C(=O)NO)c1ccc(F)cc1. The molecule has 0 aliphatic heterocycles. The van der Waals surface area contributed by atoms with Gasteiger partial charge in [-0.3, -0.25) is 10.0 Å². The van der Waals surface area contributed by atoms with E-state index in [1.54, 1.807) is 24.7 Å². The van der Waals surface area contributed by atoms with Crippen molar-refractivity contribution in [2.24, 2.45) is 5.92 Å². The number of hydrogen-bond donors (Lipinski definition) is 2. The molecule has 0 aromatic heterocycles. The summed E-state index contributed by atoms with van der Waals surface area (Å²) in [5, 5.41) is 9.00. The Labute approximate surface area is 146 Å². The fourth-order valence-electron chi connectivity index (χ4n) is 2.64. The standard InChI is InChI=1S/C20H22FNO3/c1-25-19(16-10-12-18(21)13-11-16)14-17(20(23)22-24)9-5-8-15-6-3-2-4-7-15/h2-8,10-13,17,19,24H,9,14H2,1H3,(H,22,23)/t17?,19-/m1/s1. The van der Waals surface area contributed by atoms with Crippen molar-refractivity contribution in [3.8, 4) is 0 Å². The van der Waals surface area contributed by atoms with Crippen LogP contribution in [0.5, 0.6) is 0 Å². The predicted molar refractivity (Wildman–Crippen MR) is 94.3 cm³/mol. The van der Waals surface area contributed by atoms with E-state index in [2.05, 4.69) is 0 Å². The first-order valence-corrected chi connectivity index (χ1v) is 8.08. The van der Waals surface area contributed by atoms with Gasteiger partial charge in [-0.1, -0.05) is 54.6 Å². The number of carbonyl (C=O) groups excluding carboxylic acids is 1. The van der Waals surface area contributed by atoms with Gasteiger partial charge in [0, 0.05) is 13.0 Å². The summed E-state index contributed by atoms with van der Waals surface area (Å²) in [5.41, 5.74) is 3.53. The van der Waals surface area contributed by atoms with Gasteiger partial charge in [0.05, 0.1) is 6.10 Å². The van der Waals surface area contributed by atoms with Crippen molar-refractivity contribution in [2.45, 2.75) is 18.9 Å². The Morgan fingerprint density at radius 3 is 2.48 bits per heavy atom. The average molecular weight is 343 g/mol. The molecule has 1 amide bonds. The van der Waals surface area contributed by atoms with E-state index in [9.17, 15) is 9.18 Å². The van der Waals surface area contributed by atoms with E-state index in [0.29, 0.717) is 12.8 Å². The number of ether oxygens (including phenoxy) is 1. The highest BCUT2D eigenvalue weighted by Crippen LogP contribution is 2.27. The molecule has 0 spiro atoms. The lowest BCUT2D eigenvalue weighted by atomic mass is 9.93. The molecule has 2 N–H and O–H groups in total. The first-order valence-electron chi connectivity index (χ1n) is 8.08. The molecule has 132 valence electrons. The van der Waals surface area contributed by atoms with E-state index >= 15 is 0 Å². The number of methoxy groups -OCH3 is 1. The summed E-state index contributed by atoms with van der Waals surface area (Å²) in [6.07, 6.45) is 4.27. The summed E-state index contributed by atoms with van der Waals surface area (Å²) in [5.74, 6) is -1.27. The smallest absolute Gasteiger partial charge is 0.246 e. The number of halogens is 1. The summed E-state index contributed by atoms with van der Waals surface area (Å²) in [6.45, 7) is 0. The predicted octanol–water partition coefficient (Wildman–Crippen LogP) is 4.13. The lowest BCUT2D eigenvalue weighted by Gasteiger charge is -2.21. The van der Waals surface area contributed by atoms with Crippen LogP contribution in [0.2, 0.25) is 0 Å². The van der Waals surface area contributed by atoms with Crippen LogP contribution in [0, 0.1) is 11.7 Å². The van der Waals surface area contributed by atoms with Crippen LogP contribution in [0.4, 0.5) is 4.39 Å². The fourth-order valence-corrected chi connectivity index (χ4v) is 2.64. The summed E-state index contributed by atoms with van der Waals surface area (Å²) in [4.78, 5) is 12.0. The maximum Gasteiger partial charge on any atom is 0.246 e. The van der Waals surface area contributed by atoms with Crippen molar-refractivity contribution in [3.63, 3.8) is 0 Å². The molecule has 0 saturated carbocycles. The van der Waals surface area contributed by atoms with Crippen LogP contribution in [0.1, 0.15) is 30.1 Å². The summed E-state index contributed by atoms with van der Waals surface area (Å²) >= 11 is 0. The number of hydroxylamine groups is 1. The molecular weight excluding hydrogens is 321 g/mol. The molecule has 0 aliphatic carbocycles. The van der Waals surface area contributed by atoms with Crippen molar-refractivity contribution in [2.75, 3.05) is 7.11 Å². The highest BCUT2D eigenvalue weighted by molar-refractivity contribution is 5.77. The maximum atomic E-state index is 13.1. The minimum absolute atomic E-state index is 0.325. The van der Waals surface area contributed by atoms with Crippen molar-refractivity contribution in [1.29, 1.82) is 0 Å². The summed E-state index contributed by atoms with van der Waals surface area (Å²) < 4.78 is 18.5. The molecule has 2 rings (SSSR count). The van der Waals surface area contributed by atoms with Crippen molar-refractivity contribution >= 4 is 12.0 Å². The highest BCUT2D eigenvalue weighted by atomic mass is 19.1. The van der Waals surface area contributed by atoms with Crippen LogP contribution >= 0.6 is 0 Å². The lowest BCUT2D eigenvalue weighted by molar-refractivity contribution is -0.134. The molecule has 0 bridgehead atoms. The third-order valence-corrected chi connectivity index (χ3v) is 4.04. The third-order valence-electron chi connectivity index (χ3n) is 4.04. The quantitative estimate of drug-likeness (QED) is 0.560. The molecule has 0 radical (unpaired) electrons. The van der Waals surface area contributed by atoms with E-state index in [4.69, 9.17) is 9.94 Å². The second-order valence-corrected chi connectivity index (χ2v) is 5.73. The van der Waals surface area contributed by atoms with E-state index in [0.717, 1.165) is 11.1 Å². The van der Waals surface area contributed by atoms with Crippen molar-refractivity contribution < 1.29 is 19.1 Å². The average Bonchev–Trinajstić information content (AvgIpc) is 2.65.